The van der Waals surface area contributed by atoms with Crippen molar-refractivity contribution in [3.63, 3.8) is 0 Å². The lowest BCUT2D eigenvalue weighted by molar-refractivity contribution is -0.115. The van der Waals surface area contributed by atoms with E-state index in [1.54, 1.807) is 13.8 Å². The number of carboxylic acids is 1. The van der Waals surface area contributed by atoms with E-state index in [1.165, 1.54) is 22.9 Å². The Bertz CT molecular complexity index is 1440. The largest absolute Gasteiger partial charge is 0.476 e. The summed E-state index contributed by atoms with van der Waals surface area (Å²) < 4.78 is 36.6. The number of aryl methyl sites for hydroxylation is 2. The second-order valence-electron chi connectivity index (χ2n) is 9.20. The molecule has 11 heteroatoms. The van der Waals surface area contributed by atoms with Crippen molar-refractivity contribution in [2.45, 2.75) is 52.9 Å². The molecule has 37 heavy (non-hydrogen) atoms. The maximum Gasteiger partial charge on any atom is 0.356 e. The zero-order chi connectivity index (χ0) is 27.5. The summed E-state index contributed by atoms with van der Waals surface area (Å²) >= 11 is 0. The Kier molecular flexibility index (Phi) is 8.39. The number of carbonyl (C=O) groups is 2. The third-order valence-corrected chi connectivity index (χ3v) is 7.03. The Balaban J connectivity index is 2.20. The fourth-order valence-corrected chi connectivity index (χ4v) is 4.87. The van der Waals surface area contributed by atoms with E-state index in [4.69, 9.17) is 4.74 Å². The van der Waals surface area contributed by atoms with Gasteiger partial charge < -0.3 is 15.2 Å². The summed E-state index contributed by atoms with van der Waals surface area (Å²) in [5, 5.41) is 16.6. The number of benzene rings is 2. The van der Waals surface area contributed by atoms with E-state index in [0.29, 0.717) is 5.69 Å². The van der Waals surface area contributed by atoms with Crippen LogP contribution in [0.2, 0.25) is 0 Å². The first-order valence-electron chi connectivity index (χ1n) is 11.9. The van der Waals surface area contributed by atoms with Gasteiger partial charge in [-0.1, -0.05) is 32.9 Å². The average molecular weight is 529 g/mol. The lowest BCUT2D eigenvalue weighted by Gasteiger charge is -2.17. The molecule has 10 nitrogen and oxygen atoms in total. The maximum atomic E-state index is 13.3. The molecular weight excluding hydrogens is 496 g/mol. The van der Waals surface area contributed by atoms with E-state index < -0.39 is 16.0 Å². The molecule has 0 aliphatic rings. The number of aromatic nitrogens is 2. The van der Waals surface area contributed by atoms with Crippen LogP contribution >= 0.6 is 0 Å². The molecule has 0 radical (unpaired) electrons. The number of rotatable bonds is 10. The number of anilines is 1. The molecule has 3 aromatic rings. The molecule has 1 heterocycles. The normalized spacial score (nSPS) is 11.5. The first-order chi connectivity index (χ1) is 17.3. The van der Waals surface area contributed by atoms with Crippen LogP contribution in [0, 0.1) is 26.7 Å². The van der Waals surface area contributed by atoms with Crippen LogP contribution in [-0.2, 0) is 14.8 Å². The van der Waals surface area contributed by atoms with Gasteiger partial charge in [-0.15, -0.1) is 0 Å². The minimum atomic E-state index is -4.06. The van der Waals surface area contributed by atoms with Crippen LogP contribution in [0.5, 0.6) is 11.6 Å². The van der Waals surface area contributed by atoms with Crippen LogP contribution in [0.15, 0.2) is 41.3 Å². The molecule has 1 aromatic heterocycles. The van der Waals surface area contributed by atoms with Gasteiger partial charge in [-0.2, -0.15) is 9.78 Å². The van der Waals surface area contributed by atoms with Gasteiger partial charge in [0.05, 0.1) is 5.69 Å². The van der Waals surface area contributed by atoms with Gasteiger partial charge in [0.25, 0.3) is 0 Å². The number of carbonyl (C=O) groups excluding carboxylic acids is 1. The Labute approximate surface area is 216 Å². The zero-order valence-electron chi connectivity index (χ0n) is 21.7. The summed E-state index contributed by atoms with van der Waals surface area (Å²) in [7, 11) is -4.06. The van der Waals surface area contributed by atoms with Gasteiger partial charge >= 0.3 is 5.97 Å². The molecule has 0 bridgehead atoms. The molecule has 0 unspecified atom stereocenters. The fourth-order valence-electron chi connectivity index (χ4n) is 3.50. The molecule has 0 saturated heterocycles. The molecule has 198 valence electrons. The van der Waals surface area contributed by atoms with E-state index in [1.807, 2.05) is 45.9 Å². The second kappa shape index (κ2) is 11.1. The summed E-state index contributed by atoms with van der Waals surface area (Å²) in [6.45, 7) is 10.9. The van der Waals surface area contributed by atoms with Crippen molar-refractivity contribution >= 4 is 27.6 Å². The lowest BCUT2D eigenvalue weighted by atomic mass is 10.1. The first kappa shape index (κ1) is 27.9. The number of hydrogen-bond donors (Lipinski definition) is 3. The average Bonchev–Trinajstić information content (AvgIpc) is 3.16. The smallest absolute Gasteiger partial charge is 0.356 e. The molecular formula is C26H32N4O6S. The highest BCUT2D eigenvalue weighted by Gasteiger charge is 2.27. The van der Waals surface area contributed by atoms with E-state index >= 15 is 0 Å². The van der Waals surface area contributed by atoms with Gasteiger partial charge in [0, 0.05) is 24.2 Å². The Hall–Kier alpha value is -3.70. The predicted molar refractivity (Wildman–Crippen MR) is 140 cm³/mol. The van der Waals surface area contributed by atoms with E-state index in [0.717, 1.165) is 11.1 Å². The Morgan fingerprint density at radius 1 is 1.11 bits per heavy atom. The second-order valence-corrected chi connectivity index (χ2v) is 10.9. The number of sulfonamides is 1. The van der Waals surface area contributed by atoms with E-state index in [9.17, 15) is 23.1 Å². The van der Waals surface area contributed by atoms with Crippen LogP contribution in [0.25, 0.3) is 5.69 Å². The number of hydrogen-bond acceptors (Lipinski definition) is 6. The molecule has 3 N–H and O–H groups in total. The third-order valence-electron chi connectivity index (χ3n) is 5.59. The summed E-state index contributed by atoms with van der Waals surface area (Å²) in [6.07, 6.45) is 0.220. The van der Waals surface area contributed by atoms with Crippen LogP contribution in [-0.4, -0.2) is 41.7 Å². The molecule has 0 aliphatic carbocycles. The quantitative estimate of drug-likeness (QED) is 0.350. The van der Waals surface area contributed by atoms with Crippen LogP contribution in [0.1, 0.15) is 54.4 Å². The minimum absolute atomic E-state index is 0.0442. The molecule has 0 fully saturated rings. The molecule has 0 aliphatic heterocycles. The van der Waals surface area contributed by atoms with Gasteiger partial charge in [0.1, 0.15) is 10.6 Å². The number of nitrogens with zero attached hydrogens (tertiary/aromatic N) is 2. The number of nitrogens with one attached hydrogen (secondary N) is 2. The number of carboxylic acid groups (broad SMARTS) is 1. The van der Waals surface area contributed by atoms with Gasteiger partial charge in [-0.05, 0) is 62.1 Å². The van der Waals surface area contributed by atoms with Crippen molar-refractivity contribution in [2.75, 3.05) is 11.9 Å². The molecule has 0 atom stereocenters. The van der Waals surface area contributed by atoms with E-state index in [2.05, 4.69) is 15.1 Å². The van der Waals surface area contributed by atoms with Crippen LogP contribution in [0.3, 0.4) is 0 Å². The van der Waals surface area contributed by atoms with Crippen molar-refractivity contribution in [2.24, 2.45) is 5.92 Å². The van der Waals surface area contributed by atoms with Crippen molar-refractivity contribution in [1.29, 1.82) is 0 Å². The SMILES string of the molecule is CCC(=O)Nc1ccc(Oc2c(C)c(C(=O)O)nn2-c2cc(C)ccc2C)c(S(=O)(=O)NCC(C)C)c1. The summed E-state index contributed by atoms with van der Waals surface area (Å²) in [5.41, 5.74) is 2.64. The molecule has 0 spiro atoms. The van der Waals surface area contributed by atoms with Crippen molar-refractivity contribution in [3.05, 3.63) is 58.8 Å². The van der Waals surface area contributed by atoms with E-state index in [-0.39, 0.29) is 58.3 Å². The highest BCUT2D eigenvalue weighted by atomic mass is 32.2. The van der Waals surface area contributed by atoms with Crippen LogP contribution in [0.4, 0.5) is 5.69 Å². The van der Waals surface area contributed by atoms with Crippen molar-refractivity contribution in [3.8, 4) is 17.3 Å². The molecule has 0 saturated carbocycles. The molecule has 2 aromatic carbocycles. The maximum absolute atomic E-state index is 13.3. The van der Waals surface area contributed by atoms with Crippen LogP contribution < -0.4 is 14.8 Å². The topological polar surface area (TPSA) is 140 Å². The highest BCUT2D eigenvalue weighted by Crippen LogP contribution is 2.36. The van der Waals surface area contributed by atoms with Crippen molar-refractivity contribution in [1.82, 2.24) is 14.5 Å². The standard InChI is InChI=1S/C26H32N4O6S/c1-7-23(31)28-19-10-11-21(22(13-19)37(34,35)27-14-15(2)3)36-25-18(6)24(26(32)33)29-30(25)20-12-16(4)8-9-17(20)5/h8-13,15,27H,7,14H2,1-6H3,(H,28,31)(H,32,33). The summed E-state index contributed by atoms with van der Waals surface area (Å²) in [4.78, 5) is 23.6. The number of aromatic carboxylic acids is 1. The monoisotopic (exact) mass is 528 g/mol. The lowest BCUT2D eigenvalue weighted by Crippen LogP contribution is -2.28. The Morgan fingerprint density at radius 2 is 1.81 bits per heavy atom. The van der Waals surface area contributed by atoms with Gasteiger partial charge in [0.2, 0.25) is 21.8 Å². The first-order valence-corrected chi connectivity index (χ1v) is 13.3. The predicted octanol–water partition coefficient (Wildman–Crippen LogP) is 4.57. The van der Waals surface area contributed by atoms with Crippen molar-refractivity contribution < 1.29 is 27.9 Å². The number of amides is 1. The fraction of sp³-hybridized carbons (Fsp3) is 0.346. The summed E-state index contributed by atoms with van der Waals surface area (Å²) in [6, 6.07) is 9.90. The molecule has 1 amide bonds. The number of ether oxygens (including phenoxy) is 1. The highest BCUT2D eigenvalue weighted by molar-refractivity contribution is 7.89. The molecule has 3 rings (SSSR count). The minimum Gasteiger partial charge on any atom is -0.476 e. The van der Waals surface area contributed by atoms with Gasteiger partial charge in [0.15, 0.2) is 5.69 Å². The van der Waals surface area contributed by atoms with Gasteiger partial charge in [-0.25, -0.2) is 17.9 Å². The summed E-state index contributed by atoms with van der Waals surface area (Å²) in [5.74, 6) is -1.44. The Morgan fingerprint density at radius 3 is 2.43 bits per heavy atom. The van der Waals surface area contributed by atoms with Gasteiger partial charge in [-0.3, -0.25) is 4.79 Å². The zero-order valence-corrected chi connectivity index (χ0v) is 22.6. The third kappa shape index (κ3) is 6.36.